The van der Waals surface area contributed by atoms with E-state index in [2.05, 4.69) is 57.9 Å². The van der Waals surface area contributed by atoms with Crippen molar-refractivity contribution in [1.82, 2.24) is 4.98 Å². The van der Waals surface area contributed by atoms with Gasteiger partial charge in [-0.3, -0.25) is 4.98 Å². The van der Waals surface area contributed by atoms with Crippen molar-refractivity contribution >= 4 is 45.1 Å². The first-order chi connectivity index (χ1) is 9.25. The van der Waals surface area contributed by atoms with Crippen LogP contribution in [-0.2, 0) is 6.42 Å². The number of pyridine rings is 1. The zero-order valence-corrected chi connectivity index (χ0v) is 13.0. The van der Waals surface area contributed by atoms with Gasteiger partial charge in [-0.15, -0.1) is 0 Å². The summed E-state index contributed by atoms with van der Waals surface area (Å²) in [7, 11) is 0. The first kappa shape index (κ1) is 12.9. The lowest BCUT2D eigenvalue weighted by atomic mass is 10.0. The van der Waals surface area contributed by atoms with Gasteiger partial charge in [0, 0.05) is 11.6 Å². The van der Waals surface area contributed by atoms with Gasteiger partial charge in [0.1, 0.15) is 0 Å². The largest absolute Gasteiger partial charge is 0.255 e. The van der Waals surface area contributed by atoms with Crippen LogP contribution >= 0.6 is 34.2 Å². The van der Waals surface area contributed by atoms with Crippen molar-refractivity contribution in [2.24, 2.45) is 0 Å². The van der Waals surface area contributed by atoms with Crippen LogP contribution in [0.3, 0.4) is 0 Å². The van der Waals surface area contributed by atoms with E-state index in [9.17, 15) is 0 Å². The lowest BCUT2D eigenvalue weighted by molar-refractivity contribution is 1.19. The van der Waals surface area contributed by atoms with Crippen LogP contribution in [0.25, 0.3) is 10.9 Å². The average Bonchev–Trinajstić information content (AvgIpc) is 2.45. The summed E-state index contributed by atoms with van der Waals surface area (Å²) in [5.41, 5.74) is 3.49. The number of para-hydroxylation sites is 1. The van der Waals surface area contributed by atoms with Crippen LogP contribution in [0.15, 0.2) is 54.7 Å². The molecule has 3 rings (SSSR count). The molecule has 0 aliphatic carbocycles. The van der Waals surface area contributed by atoms with Gasteiger partial charge in [0.05, 0.1) is 14.1 Å². The van der Waals surface area contributed by atoms with E-state index in [4.69, 9.17) is 11.6 Å². The fraction of sp³-hybridized carbons (Fsp3) is 0.0625. The molecular weight excluding hydrogens is 369 g/mol. The van der Waals surface area contributed by atoms with Crippen molar-refractivity contribution in [3.63, 3.8) is 0 Å². The first-order valence-electron chi connectivity index (χ1n) is 6.01. The molecule has 0 N–H and O–H groups in total. The summed E-state index contributed by atoms with van der Waals surface area (Å²) >= 11 is 8.57. The maximum absolute atomic E-state index is 6.35. The third-order valence-electron chi connectivity index (χ3n) is 3.11. The fourth-order valence-corrected chi connectivity index (χ4v) is 2.82. The first-order valence-corrected chi connectivity index (χ1v) is 7.47. The van der Waals surface area contributed by atoms with Gasteiger partial charge >= 0.3 is 0 Å². The average molecular weight is 380 g/mol. The highest BCUT2D eigenvalue weighted by Gasteiger charge is 2.08. The molecule has 3 aromatic rings. The van der Waals surface area contributed by atoms with Crippen molar-refractivity contribution in [3.8, 4) is 0 Å². The lowest BCUT2D eigenvalue weighted by Crippen LogP contribution is -1.93. The Bertz CT molecular complexity index is 725. The Morgan fingerprint density at radius 3 is 2.58 bits per heavy atom. The van der Waals surface area contributed by atoms with Gasteiger partial charge < -0.3 is 0 Å². The monoisotopic (exact) mass is 379 g/mol. The zero-order chi connectivity index (χ0) is 13.2. The quantitative estimate of drug-likeness (QED) is 0.566. The van der Waals surface area contributed by atoms with Gasteiger partial charge in [-0.25, -0.2) is 0 Å². The second-order valence-electron chi connectivity index (χ2n) is 4.40. The van der Waals surface area contributed by atoms with E-state index in [1.165, 1.54) is 11.1 Å². The second kappa shape index (κ2) is 5.47. The smallest absolute Gasteiger partial charge is 0.0753 e. The van der Waals surface area contributed by atoms with E-state index in [0.717, 1.165) is 25.9 Å². The van der Waals surface area contributed by atoms with Crippen molar-refractivity contribution in [2.45, 2.75) is 6.42 Å². The number of fused-ring (bicyclic) bond motifs is 1. The molecule has 19 heavy (non-hydrogen) atoms. The third-order valence-corrected chi connectivity index (χ3v) is 4.65. The molecule has 0 spiro atoms. The highest BCUT2D eigenvalue weighted by molar-refractivity contribution is 14.1. The molecule has 0 unspecified atom stereocenters. The maximum Gasteiger partial charge on any atom is 0.0753 e. The minimum absolute atomic E-state index is 0.792. The number of aromatic nitrogens is 1. The van der Waals surface area contributed by atoms with Gasteiger partial charge in [0.25, 0.3) is 0 Å². The highest BCUT2D eigenvalue weighted by atomic mass is 127. The Morgan fingerprint density at radius 2 is 1.79 bits per heavy atom. The second-order valence-corrected chi connectivity index (χ2v) is 5.94. The van der Waals surface area contributed by atoms with Crippen molar-refractivity contribution in [3.05, 3.63) is 74.4 Å². The molecule has 2 aromatic carbocycles. The van der Waals surface area contributed by atoms with E-state index < -0.39 is 0 Å². The normalized spacial score (nSPS) is 10.8. The van der Waals surface area contributed by atoms with Crippen LogP contribution in [0, 0.1) is 3.57 Å². The summed E-state index contributed by atoms with van der Waals surface area (Å²) in [5, 5.41) is 1.82. The summed E-state index contributed by atoms with van der Waals surface area (Å²) in [6.45, 7) is 0. The summed E-state index contributed by atoms with van der Waals surface area (Å²) in [5.74, 6) is 0. The Balaban J connectivity index is 2.12. The van der Waals surface area contributed by atoms with Gasteiger partial charge in [0.2, 0.25) is 0 Å². The summed E-state index contributed by atoms with van der Waals surface area (Å²) < 4.78 is 0.989. The predicted molar refractivity (Wildman–Crippen MR) is 88.7 cm³/mol. The molecule has 1 heterocycles. The minimum Gasteiger partial charge on any atom is -0.255 e. The lowest BCUT2D eigenvalue weighted by Gasteiger charge is -2.08. The van der Waals surface area contributed by atoms with E-state index in [1.54, 1.807) is 0 Å². The van der Waals surface area contributed by atoms with E-state index in [0.29, 0.717) is 0 Å². The fourth-order valence-electron chi connectivity index (χ4n) is 2.19. The maximum atomic E-state index is 6.35. The number of nitrogens with zero attached hydrogens (tertiary/aromatic N) is 1. The third kappa shape index (κ3) is 2.60. The Kier molecular flexibility index (Phi) is 3.71. The number of halogens is 2. The molecule has 1 nitrogen and oxygen atoms in total. The van der Waals surface area contributed by atoms with Gasteiger partial charge in [0.15, 0.2) is 0 Å². The molecule has 0 fully saturated rings. The van der Waals surface area contributed by atoms with Crippen LogP contribution in [0.4, 0.5) is 0 Å². The summed E-state index contributed by atoms with van der Waals surface area (Å²) in [4.78, 5) is 4.55. The number of hydrogen-bond donors (Lipinski definition) is 0. The van der Waals surface area contributed by atoms with Crippen molar-refractivity contribution in [2.75, 3.05) is 0 Å². The molecule has 0 radical (unpaired) electrons. The Hall–Kier alpha value is -1.13. The van der Waals surface area contributed by atoms with E-state index in [1.807, 2.05) is 24.4 Å². The van der Waals surface area contributed by atoms with Crippen molar-refractivity contribution in [1.29, 1.82) is 0 Å². The number of hydrogen-bond acceptors (Lipinski definition) is 1. The van der Waals surface area contributed by atoms with E-state index >= 15 is 0 Å². The number of rotatable bonds is 2. The van der Waals surface area contributed by atoms with Crippen LogP contribution < -0.4 is 0 Å². The van der Waals surface area contributed by atoms with Gasteiger partial charge in [-0.05, 0) is 40.1 Å². The Labute approximate surface area is 130 Å². The molecule has 0 bridgehead atoms. The Morgan fingerprint density at radius 1 is 1.00 bits per heavy atom. The van der Waals surface area contributed by atoms with Crippen LogP contribution in [0.5, 0.6) is 0 Å². The molecule has 0 saturated carbocycles. The molecule has 94 valence electrons. The number of benzene rings is 2. The van der Waals surface area contributed by atoms with Crippen LogP contribution in [-0.4, -0.2) is 4.98 Å². The molecular formula is C16H11ClIN. The zero-order valence-electron chi connectivity index (χ0n) is 10.1. The minimum atomic E-state index is 0.792. The molecule has 0 atom stereocenters. The topological polar surface area (TPSA) is 12.9 Å². The summed E-state index contributed by atoms with van der Waals surface area (Å²) in [6, 6.07) is 16.6. The van der Waals surface area contributed by atoms with Gasteiger partial charge in [-0.2, -0.15) is 0 Å². The molecule has 0 saturated heterocycles. The molecule has 0 aliphatic heterocycles. The summed E-state index contributed by atoms with van der Waals surface area (Å²) in [6.07, 6.45) is 2.71. The standard InChI is InChI=1S/C16H11ClIN/c17-15-13-8-4-7-12(16(13)19-10-14(15)18)9-11-5-2-1-3-6-11/h1-8,10H,9H2. The van der Waals surface area contributed by atoms with E-state index in [-0.39, 0.29) is 0 Å². The molecule has 3 heteroatoms. The molecule has 1 aromatic heterocycles. The van der Waals surface area contributed by atoms with Gasteiger partial charge in [-0.1, -0.05) is 60.1 Å². The molecule has 0 amide bonds. The SMILES string of the molecule is Clc1c(I)cnc2c(Cc3ccccc3)cccc12. The predicted octanol–water partition coefficient (Wildman–Crippen LogP) is 5.08. The molecule has 0 aliphatic rings. The van der Waals surface area contributed by atoms with Crippen molar-refractivity contribution < 1.29 is 0 Å². The van der Waals surface area contributed by atoms with Crippen LogP contribution in [0.2, 0.25) is 5.02 Å². The van der Waals surface area contributed by atoms with Crippen LogP contribution in [0.1, 0.15) is 11.1 Å². The highest BCUT2D eigenvalue weighted by Crippen LogP contribution is 2.29.